The molecule has 1 aromatic heterocycles. The van der Waals surface area contributed by atoms with Gasteiger partial charge in [0, 0.05) is 6.07 Å². The van der Waals surface area contributed by atoms with Crippen LogP contribution < -0.4 is 16.4 Å². The molecule has 0 aliphatic carbocycles. The van der Waals surface area contributed by atoms with Gasteiger partial charge in [-0.1, -0.05) is 0 Å². The fourth-order valence-corrected chi connectivity index (χ4v) is 1.62. The van der Waals surface area contributed by atoms with Gasteiger partial charge >= 0.3 is 5.76 Å². The van der Waals surface area contributed by atoms with E-state index in [1.54, 1.807) is 12.1 Å². The second-order valence-corrected chi connectivity index (χ2v) is 3.31. The van der Waals surface area contributed by atoms with Crippen molar-refractivity contribution in [1.29, 1.82) is 0 Å². The Balaban J connectivity index is 2.27. The second kappa shape index (κ2) is 2.63. The molecular weight excluding hydrogens is 198 g/mol. The molecule has 1 aliphatic heterocycles. The third-order valence-corrected chi connectivity index (χ3v) is 2.27. The molecule has 2 heterocycles. The Labute approximate surface area is 83.3 Å². The zero-order chi connectivity index (χ0) is 10.4. The fourth-order valence-electron chi connectivity index (χ4n) is 1.62. The van der Waals surface area contributed by atoms with Gasteiger partial charge in [0.2, 0.25) is 5.91 Å². The van der Waals surface area contributed by atoms with Gasteiger partial charge in [-0.25, -0.2) is 4.79 Å². The van der Waals surface area contributed by atoms with Crippen LogP contribution in [0.3, 0.4) is 0 Å². The first kappa shape index (κ1) is 8.10. The maximum absolute atomic E-state index is 11.1. The molecular formula is C9H7N3O3. The third kappa shape index (κ3) is 1.18. The van der Waals surface area contributed by atoms with Gasteiger partial charge in [0.15, 0.2) is 5.58 Å². The molecule has 0 radical (unpaired) electrons. The zero-order valence-corrected chi connectivity index (χ0v) is 7.59. The Morgan fingerprint density at radius 1 is 1.20 bits per heavy atom. The van der Waals surface area contributed by atoms with Gasteiger partial charge in [0.25, 0.3) is 0 Å². The number of aromatic amines is 1. The standard InChI is InChI=1S/C9H7N3O3/c13-8-3-10-4-2-7-6(1-5(4)11-8)12-9(14)15-7/h1-2,10H,3H2,(H,11,13)(H,12,14). The van der Waals surface area contributed by atoms with Crippen molar-refractivity contribution < 1.29 is 9.21 Å². The summed E-state index contributed by atoms with van der Waals surface area (Å²) in [6.07, 6.45) is 0. The van der Waals surface area contributed by atoms with E-state index in [-0.39, 0.29) is 12.5 Å². The number of fused-ring (bicyclic) bond motifs is 2. The van der Waals surface area contributed by atoms with E-state index < -0.39 is 5.76 Å². The summed E-state index contributed by atoms with van der Waals surface area (Å²) in [5.74, 6) is -0.605. The van der Waals surface area contributed by atoms with Gasteiger partial charge in [-0.15, -0.1) is 0 Å². The molecule has 3 N–H and O–H groups in total. The van der Waals surface area contributed by atoms with Crippen LogP contribution in [0.15, 0.2) is 21.3 Å². The average Bonchev–Trinajstić information content (AvgIpc) is 2.53. The van der Waals surface area contributed by atoms with Gasteiger partial charge in [-0.05, 0) is 6.07 Å². The highest BCUT2D eigenvalue weighted by molar-refractivity contribution is 6.03. The highest BCUT2D eigenvalue weighted by Crippen LogP contribution is 2.28. The van der Waals surface area contributed by atoms with Crippen molar-refractivity contribution in [2.24, 2.45) is 0 Å². The minimum absolute atomic E-state index is 0.104. The van der Waals surface area contributed by atoms with E-state index in [1.165, 1.54) is 0 Å². The van der Waals surface area contributed by atoms with Crippen molar-refractivity contribution >= 4 is 28.4 Å². The van der Waals surface area contributed by atoms with Gasteiger partial charge < -0.3 is 15.1 Å². The Morgan fingerprint density at radius 2 is 2.07 bits per heavy atom. The number of amides is 1. The molecule has 0 spiro atoms. The lowest BCUT2D eigenvalue weighted by Crippen LogP contribution is -2.27. The molecule has 2 aromatic rings. The van der Waals surface area contributed by atoms with Crippen LogP contribution in [0.2, 0.25) is 0 Å². The van der Waals surface area contributed by atoms with Gasteiger partial charge in [-0.2, -0.15) is 0 Å². The maximum atomic E-state index is 11.1. The van der Waals surface area contributed by atoms with Crippen LogP contribution in [0, 0.1) is 0 Å². The first-order valence-corrected chi connectivity index (χ1v) is 4.43. The summed E-state index contributed by atoms with van der Waals surface area (Å²) in [7, 11) is 0. The number of benzene rings is 1. The van der Waals surface area contributed by atoms with Crippen LogP contribution in [0.4, 0.5) is 11.4 Å². The third-order valence-electron chi connectivity index (χ3n) is 2.27. The number of rotatable bonds is 0. The van der Waals surface area contributed by atoms with E-state index in [0.29, 0.717) is 16.8 Å². The molecule has 15 heavy (non-hydrogen) atoms. The lowest BCUT2D eigenvalue weighted by atomic mass is 10.2. The first-order valence-electron chi connectivity index (χ1n) is 4.43. The summed E-state index contributed by atoms with van der Waals surface area (Å²) >= 11 is 0. The maximum Gasteiger partial charge on any atom is 0.417 e. The zero-order valence-electron chi connectivity index (χ0n) is 7.59. The molecule has 0 bridgehead atoms. The molecule has 0 fully saturated rings. The predicted octanol–water partition coefficient (Wildman–Crippen LogP) is 0.485. The lowest BCUT2D eigenvalue weighted by Gasteiger charge is -2.17. The van der Waals surface area contributed by atoms with Gasteiger partial charge in [0.1, 0.15) is 0 Å². The van der Waals surface area contributed by atoms with E-state index >= 15 is 0 Å². The molecule has 0 saturated carbocycles. The molecule has 1 amide bonds. The number of anilines is 2. The summed E-state index contributed by atoms with van der Waals surface area (Å²) in [5.41, 5.74) is 2.45. The van der Waals surface area contributed by atoms with Crippen LogP contribution in [0.1, 0.15) is 0 Å². The number of carbonyl (C=O) groups is 1. The molecule has 76 valence electrons. The summed E-state index contributed by atoms with van der Waals surface area (Å²) in [4.78, 5) is 24.6. The Hall–Kier alpha value is -2.24. The van der Waals surface area contributed by atoms with E-state index in [2.05, 4.69) is 15.6 Å². The van der Waals surface area contributed by atoms with E-state index in [9.17, 15) is 9.59 Å². The lowest BCUT2D eigenvalue weighted by molar-refractivity contribution is -0.114. The van der Waals surface area contributed by atoms with Crippen molar-refractivity contribution in [3.05, 3.63) is 22.7 Å². The Kier molecular flexibility index (Phi) is 1.42. The Morgan fingerprint density at radius 3 is 2.93 bits per heavy atom. The fraction of sp³-hybridized carbons (Fsp3) is 0.111. The summed E-state index contributed by atoms with van der Waals surface area (Å²) in [6, 6.07) is 3.35. The van der Waals surface area contributed by atoms with Gasteiger partial charge in [0.05, 0.1) is 23.4 Å². The van der Waals surface area contributed by atoms with E-state index in [4.69, 9.17) is 4.42 Å². The molecule has 6 nitrogen and oxygen atoms in total. The van der Waals surface area contributed by atoms with E-state index in [1.807, 2.05) is 0 Å². The number of hydrogen-bond donors (Lipinski definition) is 3. The topological polar surface area (TPSA) is 87.1 Å². The molecule has 1 aromatic carbocycles. The van der Waals surface area contributed by atoms with Crippen molar-refractivity contribution in [3.8, 4) is 0 Å². The number of carbonyl (C=O) groups excluding carboxylic acids is 1. The number of hydrogen-bond acceptors (Lipinski definition) is 4. The first-order chi connectivity index (χ1) is 7.22. The molecule has 0 saturated heterocycles. The largest absolute Gasteiger partial charge is 0.417 e. The van der Waals surface area contributed by atoms with Crippen molar-refractivity contribution in [2.45, 2.75) is 0 Å². The highest BCUT2D eigenvalue weighted by Gasteiger charge is 2.15. The normalized spacial score (nSPS) is 14.5. The smallest absolute Gasteiger partial charge is 0.408 e. The van der Waals surface area contributed by atoms with Crippen LogP contribution >= 0.6 is 0 Å². The SMILES string of the molecule is O=C1CNc2cc3oc(=O)[nH]c3cc2N1. The number of H-pyrrole nitrogens is 1. The van der Waals surface area contributed by atoms with Crippen molar-refractivity contribution in [1.82, 2.24) is 4.98 Å². The number of nitrogens with one attached hydrogen (secondary N) is 3. The van der Waals surface area contributed by atoms with Gasteiger partial charge in [-0.3, -0.25) is 9.78 Å². The van der Waals surface area contributed by atoms with Crippen LogP contribution in [-0.2, 0) is 4.79 Å². The quantitative estimate of drug-likeness (QED) is 0.584. The van der Waals surface area contributed by atoms with Crippen LogP contribution in [0.5, 0.6) is 0 Å². The average molecular weight is 205 g/mol. The number of oxazole rings is 1. The minimum Gasteiger partial charge on any atom is -0.408 e. The van der Waals surface area contributed by atoms with Crippen LogP contribution in [-0.4, -0.2) is 17.4 Å². The molecule has 0 unspecified atom stereocenters. The minimum atomic E-state index is -0.501. The molecule has 1 aliphatic rings. The Bertz CT molecular complexity index is 611. The molecule has 6 heteroatoms. The second-order valence-electron chi connectivity index (χ2n) is 3.31. The summed E-state index contributed by atoms with van der Waals surface area (Å²) in [5, 5.41) is 5.62. The molecule has 0 atom stereocenters. The summed E-state index contributed by atoms with van der Waals surface area (Å²) in [6.45, 7) is 0.229. The predicted molar refractivity (Wildman–Crippen MR) is 54.0 cm³/mol. The van der Waals surface area contributed by atoms with Crippen LogP contribution in [0.25, 0.3) is 11.1 Å². The summed E-state index contributed by atoms with van der Waals surface area (Å²) < 4.78 is 4.90. The van der Waals surface area contributed by atoms with Crippen molar-refractivity contribution in [3.63, 3.8) is 0 Å². The van der Waals surface area contributed by atoms with Crippen molar-refractivity contribution in [2.75, 3.05) is 17.2 Å². The highest BCUT2D eigenvalue weighted by atomic mass is 16.4. The monoisotopic (exact) mass is 205 g/mol. The van der Waals surface area contributed by atoms with E-state index in [0.717, 1.165) is 5.69 Å². The molecule has 3 rings (SSSR count). The number of aromatic nitrogens is 1.